The number of carbonyl (C=O) groups excluding carboxylic acids is 1. The Kier molecular flexibility index (Phi) is 2.65. The summed E-state index contributed by atoms with van der Waals surface area (Å²) >= 11 is 0. The minimum atomic E-state index is -0.0254. The summed E-state index contributed by atoms with van der Waals surface area (Å²) in [4.78, 5) is 11.9. The van der Waals surface area contributed by atoms with Crippen LogP contribution in [-0.4, -0.2) is 15.7 Å². The number of aromatic nitrogens is 2. The lowest BCUT2D eigenvalue weighted by Gasteiger charge is -2.11. The Morgan fingerprint density at radius 3 is 3.00 bits per heavy atom. The molecule has 0 radical (unpaired) electrons. The molecule has 0 aromatic carbocycles. The lowest BCUT2D eigenvalue weighted by molar-refractivity contribution is -0.120. The van der Waals surface area contributed by atoms with Crippen molar-refractivity contribution >= 4 is 11.7 Å². The van der Waals surface area contributed by atoms with E-state index in [1.54, 1.807) is 7.05 Å². The molecule has 5 heteroatoms. The van der Waals surface area contributed by atoms with Crippen molar-refractivity contribution in [1.82, 2.24) is 9.78 Å². The molecule has 0 spiro atoms. The van der Waals surface area contributed by atoms with Crippen molar-refractivity contribution in [2.45, 2.75) is 19.8 Å². The Morgan fingerprint density at radius 2 is 2.44 bits per heavy atom. The lowest BCUT2D eigenvalue weighted by atomic mass is 10.1. The first-order valence-electron chi connectivity index (χ1n) is 5.36. The first-order valence-corrected chi connectivity index (χ1v) is 5.36. The maximum atomic E-state index is 11.9. The maximum absolute atomic E-state index is 11.9. The zero-order chi connectivity index (χ0) is 11.7. The van der Waals surface area contributed by atoms with E-state index in [0.29, 0.717) is 17.3 Å². The summed E-state index contributed by atoms with van der Waals surface area (Å²) in [6, 6.07) is 2.01. The van der Waals surface area contributed by atoms with Gasteiger partial charge in [0.2, 0.25) is 5.91 Å². The van der Waals surface area contributed by atoms with Crippen molar-refractivity contribution in [2.24, 2.45) is 18.9 Å². The second-order valence-corrected chi connectivity index (χ2v) is 4.26. The molecule has 2 rings (SSSR count). The molecule has 5 nitrogen and oxygen atoms in total. The third-order valence-electron chi connectivity index (χ3n) is 3.04. The van der Waals surface area contributed by atoms with E-state index in [0.717, 1.165) is 12.8 Å². The normalized spacial score (nSPS) is 16.6. The monoisotopic (exact) mass is 218 g/mol. The molecule has 0 saturated heterocycles. The number of anilines is 1. The van der Waals surface area contributed by atoms with Gasteiger partial charge in [-0.3, -0.25) is 9.48 Å². The zero-order valence-electron chi connectivity index (χ0n) is 9.40. The number of carbonyl (C=O) groups is 1. The molecule has 84 valence electrons. The largest absolute Gasteiger partial charge is 0.310 e. The van der Waals surface area contributed by atoms with Crippen LogP contribution in [0.25, 0.3) is 0 Å². The first kappa shape index (κ1) is 10.7. The molecule has 1 aromatic heterocycles. The fourth-order valence-electron chi connectivity index (χ4n) is 1.71. The lowest BCUT2D eigenvalue weighted by Crippen LogP contribution is -2.23. The number of nitriles is 1. The van der Waals surface area contributed by atoms with Crippen LogP contribution in [-0.2, 0) is 11.8 Å². The van der Waals surface area contributed by atoms with Crippen LogP contribution in [0.5, 0.6) is 0 Å². The number of hydrogen-bond acceptors (Lipinski definition) is 3. The number of aryl methyl sites for hydroxylation is 1. The predicted molar refractivity (Wildman–Crippen MR) is 58.4 cm³/mol. The molecule has 0 aliphatic heterocycles. The number of rotatable bonds is 3. The van der Waals surface area contributed by atoms with Gasteiger partial charge in [-0.1, -0.05) is 6.92 Å². The van der Waals surface area contributed by atoms with E-state index in [9.17, 15) is 4.79 Å². The molecule has 1 aliphatic rings. The van der Waals surface area contributed by atoms with Crippen LogP contribution in [0.3, 0.4) is 0 Å². The van der Waals surface area contributed by atoms with E-state index in [-0.39, 0.29) is 11.8 Å². The van der Waals surface area contributed by atoms with Crippen LogP contribution in [0.4, 0.5) is 5.82 Å². The molecule has 1 saturated carbocycles. The molecule has 1 aliphatic carbocycles. The highest BCUT2D eigenvalue weighted by molar-refractivity contribution is 5.93. The van der Waals surface area contributed by atoms with E-state index in [2.05, 4.69) is 10.4 Å². The Bertz CT molecular complexity index is 453. The van der Waals surface area contributed by atoms with Crippen molar-refractivity contribution in [1.29, 1.82) is 5.26 Å². The number of nitrogens with one attached hydrogen (secondary N) is 1. The highest BCUT2D eigenvalue weighted by Gasteiger charge is 2.33. The van der Waals surface area contributed by atoms with Crippen LogP contribution < -0.4 is 5.32 Å². The van der Waals surface area contributed by atoms with Crippen LogP contribution in [0, 0.1) is 23.2 Å². The molecule has 0 bridgehead atoms. The van der Waals surface area contributed by atoms with E-state index >= 15 is 0 Å². The van der Waals surface area contributed by atoms with E-state index in [1.165, 1.54) is 10.9 Å². The molecule has 1 unspecified atom stereocenters. The van der Waals surface area contributed by atoms with Gasteiger partial charge in [0.25, 0.3) is 0 Å². The summed E-state index contributed by atoms with van der Waals surface area (Å²) in [5, 5.41) is 15.6. The minimum absolute atomic E-state index is 0.0152. The average molecular weight is 218 g/mol. The van der Waals surface area contributed by atoms with Crippen LogP contribution in [0.2, 0.25) is 0 Å². The van der Waals surface area contributed by atoms with Gasteiger partial charge in [0.1, 0.15) is 17.5 Å². The van der Waals surface area contributed by atoms with Gasteiger partial charge < -0.3 is 5.32 Å². The number of hydrogen-bond donors (Lipinski definition) is 1. The Labute approximate surface area is 94.1 Å². The van der Waals surface area contributed by atoms with Gasteiger partial charge in [-0.15, -0.1) is 0 Å². The molecule has 16 heavy (non-hydrogen) atoms. The second-order valence-electron chi connectivity index (χ2n) is 4.26. The van der Waals surface area contributed by atoms with Gasteiger partial charge in [0, 0.05) is 13.0 Å². The maximum Gasteiger partial charge on any atom is 0.228 e. The quantitative estimate of drug-likeness (QED) is 0.830. The Hall–Kier alpha value is -1.83. The van der Waals surface area contributed by atoms with Crippen LogP contribution in [0.1, 0.15) is 25.3 Å². The fraction of sp³-hybridized carbons (Fsp3) is 0.545. The van der Waals surface area contributed by atoms with Crippen molar-refractivity contribution in [3.05, 3.63) is 11.8 Å². The van der Waals surface area contributed by atoms with Gasteiger partial charge in [-0.05, 0) is 18.8 Å². The van der Waals surface area contributed by atoms with E-state index in [1.807, 2.05) is 13.0 Å². The van der Waals surface area contributed by atoms with E-state index in [4.69, 9.17) is 5.26 Å². The van der Waals surface area contributed by atoms with E-state index < -0.39 is 0 Å². The number of nitrogens with zero attached hydrogens (tertiary/aromatic N) is 3. The van der Waals surface area contributed by atoms with Crippen molar-refractivity contribution in [3.8, 4) is 6.07 Å². The molecule has 1 amide bonds. The van der Waals surface area contributed by atoms with Gasteiger partial charge in [0.15, 0.2) is 0 Å². The topological polar surface area (TPSA) is 70.7 Å². The third kappa shape index (κ3) is 1.91. The predicted octanol–water partition coefficient (Wildman–Crippen LogP) is 1.28. The van der Waals surface area contributed by atoms with Gasteiger partial charge in [-0.2, -0.15) is 10.4 Å². The van der Waals surface area contributed by atoms with Crippen LogP contribution in [0.15, 0.2) is 6.20 Å². The molecule has 1 aromatic rings. The summed E-state index contributed by atoms with van der Waals surface area (Å²) in [6.07, 6.45) is 3.72. The summed E-state index contributed by atoms with van der Waals surface area (Å²) in [7, 11) is 1.71. The zero-order valence-corrected chi connectivity index (χ0v) is 9.40. The molecule has 1 atom stereocenters. The molecule has 1 fully saturated rings. The number of amides is 1. The van der Waals surface area contributed by atoms with Gasteiger partial charge in [-0.25, -0.2) is 0 Å². The van der Waals surface area contributed by atoms with Crippen molar-refractivity contribution in [3.63, 3.8) is 0 Å². The Morgan fingerprint density at radius 1 is 1.75 bits per heavy atom. The van der Waals surface area contributed by atoms with Crippen LogP contribution >= 0.6 is 0 Å². The smallest absolute Gasteiger partial charge is 0.228 e. The summed E-state index contributed by atoms with van der Waals surface area (Å²) in [5.74, 6) is 0.989. The second kappa shape index (κ2) is 3.97. The SMILES string of the molecule is CC(C(=O)Nc1c(C#N)cnn1C)C1CC1. The standard InChI is InChI=1S/C11H14N4O/c1-7(8-3-4-8)11(16)14-10-9(5-12)6-13-15(10)2/h6-8H,3-4H2,1-2H3,(H,14,16). The molecule has 1 N–H and O–H groups in total. The van der Waals surface area contributed by atoms with Crippen molar-refractivity contribution < 1.29 is 4.79 Å². The van der Waals surface area contributed by atoms with Gasteiger partial charge in [0.05, 0.1) is 6.20 Å². The fourth-order valence-corrected chi connectivity index (χ4v) is 1.71. The average Bonchev–Trinajstić information content (AvgIpc) is 3.05. The minimum Gasteiger partial charge on any atom is -0.310 e. The highest BCUT2D eigenvalue weighted by Crippen LogP contribution is 2.37. The third-order valence-corrected chi connectivity index (χ3v) is 3.04. The summed E-state index contributed by atoms with van der Waals surface area (Å²) in [6.45, 7) is 1.93. The highest BCUT2D eigenvalue weighted by atomic mass is 16.2. The first-order chi connectivity index (χ1) is 7.63. The Balaban J connectivity index is 2.11. The molecule has 1 heterocycles. The summed E-state index contributed by atoms with van der Waals surface area (Å²) in [5.41, 5.74) is 0.402. The molecular formula is C11H14N4O. The summed E-state index contributed by atoms with van der Waals surface area (Å²) < 4.78 is 1.51. The van der Waals surface area contributed by atoms with Crippen molar-refractivity contribution in [2.75, 3.05) is 5.32 Å². The molecular weight excluding hydrogens is 204 g/mol. The van der Waals surface area contributed by atoms with Gasteiger partial charge >= 0.3 is 0 Å².